The number of hydrogen-bond donors (Lipinski definition) is 1. The van der Waals surface area contributed by atoms with E-state index < -0.39 is 7.02 Å². The van der Waals surface area contributed by atoms with Crippen LogP contribution in [-0.2, 0) is 0 Å². The lowest BCUT2D eigenvalue weighted by Crippen LogP contribution is -2.00. The summed E-state index contributed by atoms with van der Waals surface area (Å²) in [7, 11) is 9.91. The average molecular weight is 374 g/mol. The predicted octanol–water partition coefficient (Wildman–Crippen LogP) is 0.918. The van der Waals surface area contributed by atoms with E-state index in [0.717, 1.165) is 24.3 Å². The van der Waals surface area contributed by atoms with Crippen LogP contribution < -0.4 is 5.73 Å². The second kappa shape index (κ2) is 37.3. The SMILES string of the molecule is Br.CCCBr.NCCBr.[3H]B([B])[B][B]. The van der Waals surface area contributed by atoms with Crippen LogP contribution in [-0.4, -0.2) is 48.1 Å². The summed E-state index contributed by atoms with van der Waals surface area (Å²) in [5.74, 6) is 0. The van der Waals surface area contributed by atoms with Crippen molar-refractivity contribution in [2.75, 3.05) is 17.2 Å². The van der Waals surface area contributed by atoms with Gasteiger partial charge in [-0.25, -0.2) is 0 Å². The first kappa shape index (κ1) is 20.1. The van der Waals surface area contributed by atoms with Gasteiger partial charge in [-0.2, -0.15) is 0 Å². The van der Waals surface area contributed by atoms with E-state index in [0.29, 0.717) is 0 Å². The van der Waals surface area contributed by atoms with Gasteiger partial charge in [-0.15, -0.1) is 17.0 Å². The lowest BCUT2D eigenvalue weighted by molar-refractivity contribution is 1.12. The van der Waals surface area contributed by atoms with Crippen LogP contribution in [0, 0.1) is 0 Å². The molecule has 8 heteroatoms. The summed E-state index contributed by atoms with van der Waals surface area (Å²) in [6.07, 6.45) is 1.24. The first-order valence-electron chi connectivity index (χ1n) is 4.23. The molecule has 0 heterocycles. The molecule has 73 valence electrons. The van der Waals surface area contributed by atoms with Crippen molar-refractivity contribution in [1.82, 2.24) is 0 Å². The van der Waals surface area contributed by atoms with E-state index in [1.165, 1.54) is 6.42 Å². The Balaban J connectivity index is -0.0000000522. The summed E-state index contributed by atoms with van der Waals surface area (Å²) in [6.45, 7) is 2.87. The Labute approximate surface area is 115 Å². The summed E-state index contributed by atoms with van der Waals surface area (Å²) < 4.78 is 6.42. The third-order valence-electron chi connectivity index (χ3n) is 0.409. The average Bonchev–Trinajstić information content (AvgIpc) is 2.18. The molecule has 1 nitrogen and oxygen atoms in total. The van der Waals surface area contributed by atoms with Crippen molar-refractivity contribution in [1.29, 1.82) is 1.34 Å². The Morgan fingerprint density at radius 3 is 1.77 bits per heavy atom. The first-order chi connectivity index (χ1) is 6.10. The standard InChI is InChI=1S/C3H7Br.C2H6BrN.B4H.BrH/c1-2-3-4;3-1-2-4;1-3-4-2;/h2-3H2,1H3;1-2,4H2;3H;1H/i;;3T;. The highest BCUT2D eigenvalue weighted by Crippen LogP contribution is 1.80. The summed E-state index contributed by atoms with van der Waals surface area (Å²) in [5, 5.41) is 2.04. The Hall–Kier alpha value is 1.66. The lowest BCUT2D eigenvalue weighted by Gasteiger charge is -1.68. The molecule has 0 bridgehead atoms. The van der Waals surface area contributed by atoms with Gasteiger partial charge in [0.05, 0.1) is 0 Å². The van der Waals surface area contributed by atoms with Gasteiger partial charge in [0.2, 0.25) is 0 Å². The van der Waals surface area contributed by atoms with Gasteiger partial charge in [0.25, 0.3) is 0 Å². The maximum absolute atomic E-state index is 6.42. The maximum atomic E-state index is 6.42. The van der Waals surface area contributed by atoms with Crippen LogP contribution in [0.25, 0.3) is 0 Å². The molecule has 2 N–H and O–H groups in total. The zero-order chi connectivity index (χ0) is 11.1. The van der Waals surface area contributed by atoms with Crippen LogP contribution in [0.5, 0.6) is 0 Å². The maximum Gasteiger partial charge on any atom is 0.0273 e. The van der Waals surface area contributed by atoms with Crippen LogP contribution in [0.15, 0.2) is 0 Å². The fourth-order valence-electron chi connectivity index (χ4n) is 0. The number of nitrogens with two attached hydrogens (primary N) is 1. The van der Waals surface area contributed by atoms with E-state index in [-0.39, 0.29) is 17.0 Å². The van der Waals surface area contributed by atoms with Crippen LogP contribution in [0.1, 0.15) is 13.3 Å². The van der Waals surface area contributed by atoms with Crippen molar-refractivity contribution >= 4 is 78.4 Å². The molecular formula is C5H15B4Br3N. The van der Waals surface area contributed by atoms with E-state index in [9.17, 15) is 0 Å². The van der Waals surface area contributed by atoms with Gasteiger partial charge in [-0.1, -0.05) is 38.8 Å². The molecule has 0 aromatic heterocycles. The first-order valence-corrected chi connectivity index (χ1v) is 5.89. The minimum Gasteiger partial charge on any atom is -0.330 e. The molecule has 5 radical (unpaired) electrons. The highest BCUT2D eigenvalue weighted by atomic mass is 79.9. The number of alkyl halides is 2. The summed E-state index contributed by atoms with van der Waals surface area (Å²) >= 11 is 6.37. The fourth-order valence-corrected chi connectivity index (χ4v) is 0. The molecule has 0 aromatic carbocycles. The summed E-state index contributed by atoms with van der Waals surface area (Å²) in [4.78, 5) is 0. The Morgan fingerprint density at radius 2 is 1.77 bits per heavy atom. The molecular weight excluding hydrogens is 357 g/mol. The van der Waals surface area contributed by atoms with Gasteiger partial charge in [0.15, 0.2) is 0 Å². The van der Waals surface area contributed by atoms with Crippen LogP contribution in [0.2, 0.25) is 0 Å². The molecule has 0 amide bonds. The smallest absolute Gasteiger partial charge is 0.0273 e. The molecule has 0 saturated heterocycles. The van der Waals surface area contributed by atoms with E-state index in [4.69, 9.17) is 22.5 Å². The molecule has 0 aliphatic rings. The van der Waals surface area contributed by atoms with Crippen molar-refractivity contribution in [3.8, 4) is 0 Å². The number of rotatable bonds is 3. The zero-order valence-corrected chi connectivity index (χ0v) is 12.8. The monoisotopic (exact) mass is 372 g/mol. The summed E-state index contributed by atoms with van der Waals surface area (Å²) in [6, 6.07) is 0. The van der Waals surface area contributed by atoms with Crippen LogP contribution >= 0.6 is 48.8 Å². The number of hydrogen-bond acceptors (Lipinski definition) is 1. The predicted molar refractivity (Wildman–Crippen MR) is 81.7 cm³/mol. The molecule has 0 unspecified atom stereocenters. The third-order valence-corrected chi connectivity index (χ3v) is 1.66. The highest BCUT2D eigenvalue weighted by molar-refractivity contribution is 9.09. The van der Waals surface area contributed by atoms with Crippen molar-refractivity contribution in [3.63, 3.8) is 0 Å². The van der Waals surface area contributed by atoms with Gasteiger partial charge in [-0.3, -0.25) is 0 Å². The van der Waals surface area contributed by atoms with Gasteiger partial charge < -0.3 is 5.73 Å². The quantitative estimate of drug-likeness (QED) is 0.577. The molecule has 0 spiro atoms. The second-order valence-corrected chi connectivity index (χ2v) is 3.14. The van der Waals surface area contributed by atoms with Crippen molar-refractivity contribution in [2.45, 2.75) is 13.3 Å². The number of halogens is 3. The molecule has 0 fully saturated rings. The fraction of sp³-hybridized carbons (Fsp3) is 1.00. The van der Waals surface area contributed by atoms with E-state index in [1.54, 1.807) is 0 Å². The van der Waals surface area contributed by atoms with E-state index in [1.807, 2.05) is 0 Å². The molecule has 0 aromatic rings. The molecule has 0 saturated carbocycles. The minimum absolute atomic E-state index is 0. The Morgan fingerprint density at radius 1 is 1.54 bits per heavy atom. The second-order valence-electron chi connectivity index (χ2n) is 1.55. The summed E-state index contributed by atoms with van der Waals surface area (Å²) in [5.41, 5.74) is 4.98. The van der Waals surface area contributed by atoms with Gasteiger partial charge in [-0.05, 0) is 7.76 Å². The molecule has 0 aliphatic heterocycles. The van der Waals surface area contributed by atoms with Crippen LogP contribution in [0.3, 0.4) is 0 Å². The van der Waals surface area contributed by atoms with Crippen LogP contribution in [0.4, 0.5) is 0 Å². The normalized spacial score (nSPS) is 7.23. The molecule has 0 atom stereocenters. The highest BCUT2D eigenvalue weighted by Gasteiger charge is 1.63. The van der Waals surface area contributed by atoms with Gasteiger partial charge >= 0.3 is 0 Å². The van der Waals surface area contributed by atoms with Crippen molar-refractivity contribution in [3.05, 3.63) is 0 Å². The van der Waals surface area contributed by atoms with Crippen molar-refractivity contribution in [2.24, 2.45) is 5.73 Å². The zero-order valence-electron chi connectivity index (χ0n) is 8.88. The Kier molecular flexibility index (Phi) is 57.8. The van der Waals surface area contributed by atoms with Gasteiger partial charge in [0, 0.05) is 46.8 Å². The molecule has 13 heavy (non-hydrogen) atoms. The topological polar surface area (TPSA) is 26.0 Å². The largest absolute Gasteiger partial charge is 0.330 e. The van der Waals surface area contributed by atoms with Crippen molar-refractivity contribution < 1.29 is 0 Å². The van der Waals surface area contributed by atoms with Gasteiger partial charge in [0.1, 0.15) is 0 Å². The Bertz CT molecular complexity index is 66.9. The van der Waals surface area contributed by atoms with E-state index >= 15 is 0 Å². The lowest BCUT2D eigenvalue weighted by atomic mass is 9.19. The third kappa shape index (κ3) is 85.5. The molecule has 0 aliphatic carbocycles. The molecule has 0 rings (SSSR count). The van der Waals surface area contributed by atoms with E-state index in [2.05, 4.69) is 38.8 Å². The minimum atomic E-state index is -0.713.